The third-order valence-corrected chi connectivity index (χ3v) is 4.81. The topological polar surface area (TPSA) is 78.7 Å². The Bertz CT molecular complexity index is 782. The van der Waals surface area contributed by atoms with Gasteiger partial charge in [0, 0.05) is 49.7 Å². The van der Waals surface area contributed by atoms with E-state index in [1.165, 1.54) is 17.7 Å². The van der Waals surface area contributed by atoms with Gasteiger partial charge in [-0.1, -0.05) is 19.1 Å². The molecule has 0 bridgehead atoms. The van der Waals surface area contributed by atoms with Gasteiger partial charge in [0.1, 0.15) is 0 Å². The Morgan fingerprint density at radius 2 is 1.67 bits per heavy atom. The minimum atomic E-state index is -0.393. The maximum atomic E-state index is 12.3. The summed E-state index contributed by atoms with van der Waals surface area (Å²) in [6, 6.07) is 14.5. The van der Waals surface area contributed by atoms with E-state index < -0.39 is 4.92 Å². The number of benzene rings is 2. The van der Waals surface area contributed by atoms with Crippen LogP contribution < -0.4 is 10.2 Å². The Morgan fingerprint density at radius 3 is 2.22 bits per heavy atom. The van der Waals surface area contributed by atoms with Crippen molar-refractivity contribution in [3.63, 3.8) is 0 Å². The van der Waals surface area contributed by atoms with Crippen molar-refractivity contribution >= 4 is 23.0 Å². The Morgan fingerprint density at radius 1 is 1.04 bits per heavy atom. The van der Waals surface area contributed by atoms with Crippen molar-refractivity contribution in [2.24, 2.45) is 0 Å². The fourth-order valence-electron chi connectivity index (χ4n) is 3.18. The number of hydrogen-bond donors (Lipinski definition) is 1. The average molecular weight is 368 g/mol. The summed E-state index contributed by atoms with van der Waals surface area (Å²) < 4.78 is 0. The molecule has 1 N–H and O–H groups in total. The van der Waals surface area contributed by atoms with Crippen molar-refractivity contribution in [3.8, 4) is 0 Å². The fourth-order valence-corrected chi connectivity index (χ4v) is 3.18. The van der Waals surface area contributed by atoms with Crippen LogP contribution in [0.4, 0.5) is 17.1 Å². The van der Waals surface area contributed by atoms with E-state index in [1.807, 2.05) is 24.3 Å². The molecular formula is C20H24N4O3. The lowest BCUT2D eigenvalue weighted by atomic mass is 10.1. The first kappa shape index (κ1) is 18.8. The standard InChI is InChI=1S/C20H24N4O3/c1-2-16-3-5-17(6-4-16)21-20(25)15-22-11-13-23(14-12-22)18-7-9-19(10-8-18)24(26)27/h3-10H,2,11-15H2,1H3,(H,21,25). The van der Waals surface area contributed by atoms with Gasteiger partial charge in [0.2, 0.25) is 5.91 Å². The number of nitro benzene ring substituents is 1. The van der Waals surface area contributed by atoms with E-state index in [0.29, 0.717) is 6.54 Å². The van der Waals surface area contributed by atoms with Crippen molar-refractivity contribution in [3.05, 3.63) is 64.2 Å². The largest absolute Gasteiger partial charge is 0.369 e. The molecule has 0 radical (unpaired) electrons. The van der Waals surface area contributed by atoms with Crippen LogP contribution in [0, 0.1) is 10.1 Å². The van der Waals surface area contributed by atoms with Gasteiger partial charge in [-0.2, -0.15) is 0 Å². The Labute approximate surface area is 158 Å². The molecule has 1 aliphatic rings. The van der Waals surface area contributed by atoms with Crippen molar-refractivity contribution in [2.75, 3.05) is 42.9 Å². The van der Waals surface area contributed by atoms with Gasteiger partial charge >= 0.3 is 0 Å². The lowest BCUT2D eigenvalue weighted by Gasteiger charge is -2.35. The number of piperazine rings is 1. The van der Waals surface area contributed by atoms with E-state index in [0.717, 1.165) is 44.0 Å². The van der Waals surface area contributed by atoms with Crippen molar-refractivity contribution in [1.82, 2.24) is 4.90 Å². The highest BCUT2D eigenvalue weighted by Crippen LogP contribution is 2.20. The van der Waals surface area contributed by atoms with Crippen LogP contribution in [0.2, 0.25) is 0 Å². The van der Waals surface area contributed by atoms with Gasteiger partial charge in [0.05, 0.1) is 11.5 Å². The number of carbonyl (C=O) groups excluding carboxylic acids is 1. The van der Waals surface area contributed by atoms with E-state index in [4.69, 9.17) is 0 Å². The van der Waals surface area contributed by atoms with Gasteiger partial charge in [-0.15, -0.1) is 0 Å². The molecule has 0 atom stereocenters. The molecule has 3 rings (SSSR count). The molecule has 7 nitrogen and oxygen atoms in total. The van der Waals surface area contributed by atoms with Gasteiger partial charge in [-0.05, 0) is 36.2 Å². The van der Waals surface area contributed by atoms with Crippen LogP contribution in [0.15, 0.2) is 48.5 Å². The predicted octanol–water partition coefficient (Wildman–Crippen LogP) is 2.92. The quantitative estimate of drug-likeness (QED) is 0.626. The molecule has 0 spiro atoms. The van der Waals surface area contributed by atoms with Crippen molar-refractivity contribution in [2.45, 2.75) is 13.3 Å². The normalized spacial score (nSPS) is 14.8. The first-order valence-electron chi connectivity index (χ1n) is 9.15. The van der Waals surface area contributed by atoms with E-state index in [-0.39, 0.29) is 11.6 Å². The van der Waals surface area contributed by atoms with E-state index >= 15 is 0 Å². The molecule has 1 fully saturated rings. The smallest absolute Gasteiger partial charge is 0.269 e. The Hall–Kier alpha value is -2.93. The average Bonchev–Trinajstić information content (AvgIpc) is 2.69. The molecule has 1 aliphatic heterocycles. The van der Waals surface area contributed by atoms with Crippen LogP contribution >= 0.6 is 0 Å². The number of nitro groups is 1. The highest BCUT2D eigenvalue weighted by atomic mass is 16.6. The molecule has 0 saturated carbocycles. The van der Waals surface area contributed by atoms with E-state index in [9.17, 15) is 14.9 Å². The Kier molecular flexibility index (Phi) is 6.03. The third kappa shape index (κ3) is 5.04. The second kappa shape index (κ2) is 8.64. The monoisotopic (exact) mass is 368 g/mol. The maximum absolute atomic E-state index is 12.3. The zero-order chi connectivity index (χ0) is 19.2. The highest BCUT2D eigenvalue weighted by molar-refractivity contribution is 5.92. The first-order chi connectivity index (χ1) is 13.0. The molecule has 0 aliphatic carbocycles. The second-order valence-electron chi connectivity index (χ2n) is 6.64. The van der Waals surface area contributed by atoms with Crippen LogP contribution in [0.25, 0.3) is 0 Å². The third-order valence-electron chi connectivity index (χ3n) is 4.81. The fraction of sp³-hybridized carbons (Fsp3) is 0.350. The number of hydrogen-bond acceptors (Lipinski definition) is 5. The van der Waals surface area contributed by atoms with Gasteiger partial charge in [-0.25, -0.2) is 0 Å². The molecule has 7 heteroatoms. The molecular weight excluding hydrogens is 344 g/mol. The Balaban J connectivity index is 1.47. The van der Waals surface area contributed by atoms with Crippen molar-refractivity contribution < 1.29 is 9.72 Å². The molecule has 2 aromatic rings. The SMILES string of the molecule is CCc1ccc(NC(=O)CN2CCN(c3ccc([N+](=O)[O-])cc3)CC2)cc1. The molecule has 1 amide bonds. The molecule has 2 aromatic carbocycles. The van der Waals surface area contributed by atoms with Gasteiger partial charge < -0.3 is 10.2 Å². The molecule has 1 saturated heterocycles. The molecule has 142 valence electrons. The summed E-state index contributed by atoms with van der Waals surface area (Å²) in [5, 5.41) is 13.7. The minimum Gasteiger partial charge on any atom is -0.369 e. The first-order valence-corrected chi connectivity index (χ1v) is 9.15. The van der Waals surface area contributed by atoms with E-state index in [2.05, 4.69) is 22.0 Å². The molecule has 1 heterocycles. The van der Waals surface area contributed by atoms with Gasteiger partial charge in [0.15, 0.2) is 0 Å². The summed E-state index contributed by atoms with van der Waals surface area (Å²) >= 11 is 0. The zero-order valence-corrected chi connectivity index (χ0v) is 15.4. The summed E-state index contributed by atoms with van der Waals surface area (Å²) in [5.41, 5.74) is 3.14. The van der Waals surface area contributed by atoms with Crippen LogP contribution in [-0.2, 0) is 11.2 Å². The zero-order valence-electron chi connectivity index (χ0n) is 15.4. The number of amides is 1. The summed E-state index contributed by atoms with van der Waals surface area (Å²) in [4.78, 5) is 26.9. The summed E-state index contributed by atoms with van der Waals surface area (Å²) in [6.07, 6.45) is 0.979. The molecule has 27 heavy (non-hydrogen) atoms. The number of nitrogens with one attached hydrogen (secondary N) is 1. The number of nitrogens with zero attached hydrogens (tertiary/aromatic N) is 3. The van der Waals surface area contributed by atoms with E-state index in [1.54, 1.807) is 12.1 Å². The highest BCUT2D eigenvalue weighted by Gasteiger charge is 2.19. The van der Waals surface area contributed by atoms with Crippen LogP contribution in [-0.4, -0.2) is 48.5 Å². The number of anilines is 2. The summed E-state index contributed by atoms with van der Waals surface area (Å²) in [5.74, 6) is -0.0111. The predicted molar refractivity (Wildman–Crippen MR) is 106 cm³/mol. The van der Waals surface area contributed by atoms with Crippen LogP contribution in [0.5, 0.6) is 0 Å². The van der Waals surface area contributed by atoms with Crippen molar-refractivity contribution in [1.29, 1.82) is 0 Å². The van der Waals surface area contributed by atoms with Gasteiger partial charge in [-0.3, -0.25) is 19.8 Å². The summed E-state index contributed by atoms with van der Waals surface area (Å²) in [6.45, 7) is 5.60. The lowest BCUT2D eigenvalue weighted by Crippen LogP contribution is -2.48. The number of aryl methyl sites for hydroxylation is 1. The minimum absolute atomic E-state index is 0.0111. The molecule has 0 aromatic heterocycles. The van der Waals surface area contributed by atoms with Crippen LogP contribution in [0.1, 0.15) is 12.5 Å². The second-order valence-corrected chi connectivity index (χ2v) is 6.64. The lowest BCUT2D eigenvalue weighted by molar-refractivity contribution is -0.384. The number of rotatable bonds is 6. The maximum Gasteiger partial charge on any atom is 0.269 e. The van der Waals surface area contributed by atoms with Gasteiger partial charge in [0.25, 0.3) is 5.69 Å². The number of non-ortho nitro benzene ring substituents is 1. The number of carbonyl (C=O) groups is 1. The summed E-state index contributed by atoms with van der Waals surface area (Å²) in [7, 11) is 0. The molecule has 0 unspecified atom stereocenters. The van der Waals surface area contributed by atoms with Crippen LogP contribution in [0.3, 0.4) is 0 Å².